The molecular weight excluding hydrogens is 366 g/mol. The predicted molar refractivity (Wildman–Crippen MR) is 104 cm³/mol. The highest BCUT2D eigenvalue weighted by molar-refractivity contribution is 8.00. The molecule has 26 heavy (non-hydrogen) atoms. The molecule has 0 atom stereocenters. The van der Waals surface area contributed by atoms with Gasteiger partial charge in [0.15, 0.2) is 0 Å². The van der Waals surface area contributed by atoms with Gasteiger partial charge in [0.2, 0.25) is 25.8 Å². The van der Waals surface area contributed by atoms with E-state index in [2.05, 4.69) is 11.9 Å². The van der Waals surface area contributed by atoms with E-state index in [1.54, 1.807) is 24.3 Å². The fraction of sp³-hybridized carbons (Fsp3) is 0.250. The molecule has 0 N–H and O–H groups in total. The van der Waals surface area contributed by atoms with Gasteiger partial charge >= 0.3 is 0 Å². The summed E-state index contributed by atoms with van der Waals surface area (Å²) in [4.78, 5) is 4.58. The maximum Gasteiger partial charge on any atom is 0.228 e. The van der Waals surface area contributed by atoms with E-state index < -0.39 is 9.84 Å². The third-order valence-corrected chi connectivity index (χ3v) is 6.74. The van der Waals surface area contributed by atoms with E-state index in [4.69, 9.17) is 4.42 Å². The molecular formula is C20H21NO3S2. The lowest BCUT2D eigenvalue weighted by molar-refractivity contribution is 0.470. The minimum absolute atomic E-state index is 0.00121. The van der Waals surface area contributed by atoms with E-state index in [9.17, 15) is 8.42 Å². The minimum Gasteiger partial charge on any atom is -0.428 e. The molecule has 0 aliphatic rings. The van der Waals surface area contributed by atoms with Crippen LogP contribution in [0, 0.1) is 6.92 Å². The zero-order valence-electron chi connectivity index (χ0n) is 14.8. The van der Waals surface area contributed by atoms with Crippen LogP contribution in [0.2, 0.25) is 0 Å². The Labute approximate surface area is 158 Å². The standard InChI is InChI=1S/C20H21NO3S2/c1-3-4-14-25-20-19(21-18(24-20)16-8-6-5-7-9-16)26(22,23)17-12-10-15(2)11-13-17/h5-13H,3-4,14H2,1-2H3. The van der Waals surface area contributed by atoms with Crippen molar-refractivity contribution in [1.29, 1.82) is 0 Å². The molecule has 0 aliphatic heterocycles. The molecule has 136 valence electrons. The maximum atomic E-state index is 13.1. The van der Waals surface area contributed by atoms with Crippen molar-refractivity contribution in [2.75, 3.05) is 5.75 Å². The minimum atomic E-state index is -3.74. The van der Waals surface area contributed by atoms with Gasteiger partial charge in [-0.2, -0.15) is 4.98 Å². The summed E-state index contributed by atoms with van der Waals surface area (Å²) >= 11 is 1.40. The van der Waals surface area contributed by atoms with Gasteiger partial charge in [-0.25, -0.2) is 8.42 Å². The van der Waals surface area contributed by atoms with Crippen molar-refractivity contribution in [3.8, 4) is 11.5 Å². The first kappa shape index (κ1) is 18.7. The Morgan fingerprint density at radius 1 is 1.04 bits per heavy atom. The molecule has 0 amide bonds. The number of aromatic nitrogens is 1. The first-order chi connectivity index (χ1) is 12.5. The molecule has 6 heteroatoms. The Bertz CT molecular complexity index is 962. The van der Waals surface area contributed by atoms with E-state index in [1.165, 1.54) is 11.8 Å². The first-order valence-corrected chi connectivity index (χ1v) is 11.0. The highest BCUT2D eigenvalue weighted by Gasteiger charge is 2.28. The number of nitrogens with zero attached hydrogens (tertiary/aromatic N) is 1. The lowest BCUT2D eigenvalue weighted by atomic mass is 10.2. The monoisotopic (exact) mass is 387 g/mol. The average molecular weight is 388 g/mol. The van der Waals surface area contributed by atoms with Crippen LogP contribution in [0.15, 0.2) is 74.0 Å². The normalized spacial score (nSPS) is 11.6. The van der Waals surface area contributed by atoms with Crippen molar-refractivity contribution < 1.29 is 12.8 Å². The van der Waals surface area contributed by atoms with Crippen molar-refractivity contribution in [2.45, 2.75) is 41.7 Å². The van der Waals surface area contributed by atoms with Gasteiger partial charge in [-0.3, -0.25) is 0 Å². The number of rotatable bonds is 7. The Kier molecular flexibility index (Phi) is 5.84. The number of unbranched alkanes of at least 4 members (excludes halogenated alkanes) is 1. The highest BCUT2D eigenvalue weighted by Crippen LogP contribution is 2.35. The van der Waals surface area contributed by atoms with Crippen LogP contribution in [0.5, 0.6) is 0 Å². The van der Waals surface area contributed by atoms with Crippen molar-refractivity contribution in [3.05, 3.63) is 60.2 Å². The summed E-state index contributed by atoms with van der Waals surface area (Å²) in [5.74, 6) is 1.12. The van der Waals surface area contributed by atoms with Crippen molar-refractivity contribution in [3.63, 3.8) is 0 Å². The molecule has 0 aliphatic carbocycles. The number of hydrogen-bond donors (Lipinski definition) is 0. The molecule has 0 saturated carbocycles. The lowest BCUT2D eigenvalue weighted by Crippen LogP contribution is -2.04. The Morgan fingerprint density at radius 2 is 1.73 bits per heavy atom. The van der Waals surface area contributed by atoms with E-state index in [1.807, 2.05) is 37.3 Å². The fourth-order valence-corrected chi connectivity index (χ4v) is 5.01. The Morgan fingerprint density at radius 3 is 2.38 bits per heavy atom. The lowest BCUT2D eigenvalue weighted by Gasteiger charge is -2.03. The summed E-state index contributed by atoms with van der Waals surface area (Å²) < 4.78 is 32.1. The molecule has 1 aromatic heterocycles. The van der Waals surface area contributed by atoms with E-state index in [0.717, 1.165) is 29.7 Å². The summed E-state index contributed by atoms with van der Waals surface area (Å²) in [5, 5.41) is 0.360. The van der Waals surface area contributed by atoms with Crippen LogP contribution in [0.25, 0.3) is 11.5 Å². The molecule has 0 fully saturated rings. The van der Waals surface area contributed by atoms with Crippen LogP contribution in [-0.2, 0) is 9.84 Å². The molecule has 3 aromatic rings. The maximum absolute atomic E-state index is 13.1. The van der Waals surface area contributed by atoms with Crippen LogP contribution in [0.4, 0.5) is 0 Å². The Balaban J connectivity index is 2.06. The zero-order valence-corrected chi connectivity index (χ0v) is 16.4. The summed E-state index contributed by atoms with van der Waals surface area (Å²) in [6.07, 6.45) is 2.02. The molecule has 1 heterocycles. The number of benzene rings is 2. The van der Waals surface area contributed by atoms with Crippen LogP contribution < -0.4 is 0 Å². The third kappa shape index (κ3) is 4.02. The summed E-state index contributed by atoms with van der Waals surface area (Å²) in [6, 6.07) is 16.2. The van der Waals surface area contributed by atoms with Gasteiger partial charge in [0.1, 0.15) is 0 Å². The third-order valence-electron chi connectivity index (χ3n) is 3.90. The highest BCUT2D eigenvalue weighted by atomic mass is 32.2. The fourth-order valence-electron chi connectivity index (χ4n) is 2.40. The van der Waals surface area contributed by atoms with Crippen LogP contribution >= 0.6 is 11.8 Å². The van der Waals surface area contributed by atoms with Gasteiger partial charge in [-0.15, -0.1) is 0 Å². The topological polar surface area (TPSA) is 60.2 Å². The second-order valence-electron chi connectivity index (χ2n) is 6.00. The van der Waals surface area contributed by atoms with E-state index in [0.29, 0.717) is 11.0 Å². The van der Waals surface area contributed by atoms with Crippen molar-refractivity contribution in [2.24, 2.45) is 0 Å². The molecule has 0 saturated heterocycles. The predicted octanol–water partition coefficient (Wildman–Crippen LogP) is 5.38. The largest absolute Gasteiger partial charge is 0.428 e. The SMILES string of the molecule is CCCCSc1oc(-c2ccccc2)nc1S(=O)(=O)c1ccc(C)cc1. The molecule has 0 spiro atoms. The molecule has 4 nitrogen and oxygen atoms in total. The molecule has 0 unspecified atom stereocenters. The number of thioether (sulfide) groups is 1. The number of hydrogen-bond acceptors (Lipinski definition) is 5. The molecule has 2 aromatic carbocycles. The van der Waals surface area contributed by atoms with Gasteiger partial charge in [0, 0.05) is 11.3 Å². The zero-order chi connectivity index (χ0) is 18.6. The van der Waals surface area contributed by atoms with Crippen LogP contribution in [-0.4, -0.2) is 19.2 Å². The van der Waals surface area contributed by atoms with Gasteiger partial charge in [-0.05, 0) is 37.6 Å². The number of oxazole rings is 1. The second-order valence-corrected chi connectivity index (χ2v) is 8.93. The number of aryl methyl sites for hydroxylation is 1. The summed E-state index contributed by atoms with van der Waals surface area (Å²) in [5.41, 5.74) is 1.77. The van der Waals surface area contributed by atoms with Crippen LogP contribution in [0.1, 0.15) is 25.3 Å². The Hall–Kier alpha value is -2.05. The molecule has 3 rings (SSSR count). The van der Waals surface area contributed by atoms with Gasteiger partial charge in [-0.1, -0.05) is 61.0 Å². The van der Waals surface area contributed by atoms with Gasteiger partial charge in [0.05, 0.1) is 4.90 Å². The van der Waals surface area contributed by atoms with E-state index >= 15 is 0 Å². The molecule has 0 radical (unpaired) electrons. The number of sulfone groups is 1. The summed E-state index contributed by atoms with van der Waals surface area (Å²) in [6.45, 7) is 4.02. The first-order valence-electron chi connectivity index (χ1n) is 8.53. The van der Waals surface area contributed by atoms with Gasteiger partial charge < -0.3 is 4.42 Å². The van der Waals surface area contributed by atoms with Crippen molar-refractivity contribution in [1.82, 2.24) is 4.98 Å². The van der Waals surface area contributed by atoms with Crippen molar-refractivity contribution >= 4 is 21.6 Å². The second kappa shape index (κ2) is 8.10. The smallest absolute Gasteiger partial charge is 0.228 e. The van der Waals surface area contributed by atoms with Crippen LogP contribution in [0.3, 0.4) is 0 Å². The summed E-state index contributed by atoms with van der Waals surface area (Å²) in [7, 11) is -3.74. The van der Waals surface area contributed by atoms with E-state index in [-0.39, 0.29) is 9.92 Å². The van der Waals surface area contributed by atoms with Gasteiger partial charge in [0.25, 0.3) is 0 Å². The average Bonchev–Trinajstić information content (AvgIpc) is 3.08. The molecule has 0 bridgehead atoms. The quantitative estimate of drug-likeness (QED) is 0.403.